The lowest BCUT2D eigenvalue weighted by molar-refractivity contribution is -0.133. The second kappa shape index (κ2) is 3.95. The summed E-state index contributed by atoms with van der Waals surface area (Å²) in [6, 6.07) is -0.144. The van der Waals surface area contributed by atoms with Gasteiger partial charge in [0, 0.05) is 25.6 Å². The lowest BCUT2D eigenvalue weighted by atomic mass is 10.2. The molecule has 0 aromatic heterocycles. The summed E-state index contributed by atoms with van der Waals surface area (Å²) in [5.41, 5.74) is 0. The molecular formula is C7H11F3N2O. The third-order valence-corrected chi connectivity index (χ3v) is 1.82. The zero-order valence-electron chi connectivity index (χ0n) is 6.95. The summed E-state index contributed by atoms with van der Waals surface area (Å²) in [5, 5.41) is 5.20. The maximum Gasteiger partial charge on any atom is 0.390 e. The van der Waals surface area contributed by atoms with Crippen molar-refractivity contribution in [2.24, 2.45) is 0 Å². The molecule has 1 aliphatic rings. The quantitative estimate of drug-likeness (QED) is 0.686. The fraction of sp³-hybridized carbons (Fsp3) is 0.857. The number of amides is 1. The second-order valence-corrected chi connectivity index (χ2v) is 3.02. The Balaban J connectivity index is 2.10. The van der Waals surface area contributed by atoms with E-state index in [1.165, 1.54) is 0 Å². The van der Waals surface area contributed by atoms with Gasteiger partial charge in [0.2, 0.25) is 5.91 Å². The molecule has 0 aromatic carbocycles. The first kappa shape index (κ1) is 10.3. The van der Waals surface area contributed by atoms with Crippen LogP contribution in [0.15, 0.2) is 0 Å². The topological polar surface area (TPSA) is 41.1 Å². The van der Waals surface area contributed by atoms with Crippen molar-refractivity contribution in [2.75, 3.05) is 13.1 Å². The van der Waals surface area contributed by atoms with Gasteiger partial charge in [-0.2, -0.15) is 13.2 Å². The largest absolute Gasteiger partial charge is 0.390 e. The minimum atomic E-state index is -4.12. The maximum absolute atomic E-state index is 11.7. The molecular weight excluding hydrogens is 185 g/mol. The fourth-order valence-corrected chi connectivity index (χ4v) is 1.17. The molecule has 6 heteroatoms. The van der Waals surface area contributed by atoms with E-state index in [0.29, 0.717) is 6.54 Å². The van der Waals surface area contributed by atoms with Gasteiger partial charge in [0.05, 0.1) is 6.42 Å². The molecule has 2 N–H and O–H groups in total. The van der Waals surface area contributed by atoms with E-state index in [0.717, 1.165) is 0 Å². The van der Waals surface area contributed by atoms with Gasteiger partial charge in [-0.05, 0) is 0 Å². The second-order valence-electron chi connectivity index (χ2n) is 3.02. The molecule has 1 amide bonds. The summed E-state index contributed by atoms with van der Waals surface area (Å²) < 4.78 is 35.1. The van der Waals surface area contributed by atoms with Crippen molar-refractivity contribution in [3.63, 3.8) is 0 Å². The zero-order valence-corrected chi connectivity index (χ0v) is 6.95. The lowest BCUT2D eigenvalue weighted by Gasteiger charge is -2.11. The molecule has 1 unspecified atom stereocenters. The molecule has 0 bridgehead atoms. The van der Waals surface area contributed by atoms with Gasteiger partial charge in [0.1, 0.15) is 0 Å². The fourth-order valence-electron chi connectivity index (χ4n) is 1.17. The van der Waals surface area contributed by atoms with Crippen LogP contribution in [0.2, 0.25) is 0 Å². The Hall–Kier alpha value is -0.780. The van der Waals surface area contributed by atoms with Crippen LogP contribution in [0.25, 0.3) is 0 Å². The van der Waals surface area contributed by atoms with E-state index >= 15 is 0 Å². The summed E-state index contributed by atoms with van der Waals surface area (Å²) in [6.45, 7) is 0.305. The third kappa shape index (κ3) is 4.12. The molecule has 1 rings (SSSR count). The molecule has 1 saturated heterocycles. The average molecular weight is 196 g/mol. The van der Waals surface area contributed by atoms with Gasteiger partial charge >= 0.3 is 6.18 Å². The monoisotopic (exact) mass is 196 g/mol. The van der Waals surface area contributed by atoms with Crippen LogP contribution in [0, 0.1) is 0 Å². The summed E-state index contributed by atoms with van der Waals surface area (Å²) in [6.07, 6.45) is -4.70. The SMILES string of the molecule is O=C1CC(NCCC(F)(F)F)CN1. The van der Waals surface area contributed by atoms with Crippen LogP contribution in [0.1, 0.15) is 12.8 Å². The highest BCUT2D eigenvalue weighted by Crippen LogP contribution is 2.18. The summed E-state index contributed by atoms with van der Waals surface area (Å²) >= 11 is 0. The van der Waals surface area contributed by atoms with Crippen molar-refractivity contribution in [3.8, 4) is 0 Å². The van der Waals surface area contributed by atoms with Crippen LogP contribution in [-0.2, 0) is 4.79 Å². The van der Waals surface area contributed by atoms with Crippen LogP contribution < -0.4 is 10.6 Å². The van der Waals surface area contributed by atoms with Gasteiger partial charge in [-0.3, -0.25) is 4.79 Å². The van der Waals surface area contributed by atoms with E-state index in [9.17, 15) is 18.0 Å². The van der Waals surface area contributed by atoms with Crippen molar-refractivity contribution in [3.05, 3.63) is 0 Å². The summed E-state index contributed by atoms with van der Waals surface area (Å²) in [7, 11) is 0. The van der Waals surface area contributed by atoms with Crippen LogP contribution in [-0.4, -0.2) is 31.2 Å². The van der Waals surface area contributed by atoms with Crippen LogP contribution in [0.3, 0.4) is 0 Å². The highest BCUT2D eigenvalue weighted by molar-refractivity contribution is 5.78. The molecule has 0 saturated carbocycles. The minimum absolute atomic E-state index is 0.107. The Labute approximate surface area is 73.7 Å². The zero-order chi connectivity index (χ0) is 9.90. The predicted molar refractivity (Wildman–Crippen MR) is 40.1 cm³/mol. The standard InChI is InChI=1S/C7H11F3N2O/c8-7(9,10)1-2-11-5-3-6(13)12-4-5/h5,11H,1-4H2,(H,12,13). The van der Waals surface area contributed by atoms with E-state index in [1.807, 2.05) is 0 Å². The van der Waals surface area contributed by atoms with Gasteiger partial charge in [0.25, 0.3) is 0 Å². The molecule has 0 aromatic rings. The van der Waals surface area contributed by atoms with Crippen LogP contribution in [0.4, 0.5) is 13.2 Å². The molecule has 1 fully saturated rings. The minimum Gasteiger partial charge on any atom is -0.354 e. The highest BCUT2D eigenvalue weighted by Gasteiger charge is 2.27. The van der Waals surface area contributed by atoms with Gasteiger partial charge in [-0.15, -0.1) is 0 Å². The average Bonchev–Trinajstić information content (AvgIpc) is 2.33. The Morgan fingerprint density at radius 3 is 2.69 bits per heavy atom. The first-order valence-electron chi connectivity index (χ1n) is 4.04. The lowest BCUT2D eigenvalue weighted by Crippen LogP contribution is -2.33. The number of nitrogens with one attached hydrogen (secondary N) is 2. The van der Waals surface area contributed by atoms with Crippen LogP contribution >= 0.6 is 0 Å². The van der Waals surface area contributed by atoms with Gasteiger partial charge in [-0.25, -0.2) is 0 Å². The Bertz CT molecular complexity index is 193. The number of hydrogen-bond donors (Lipinski definition) is 2. The Morgan fingerprint density at radius 2 is 2.23 bits per heavy atom. The van der Waals surface area contributed by atoms with Gasteiger partial charge in [0.15, 0.2) is 0 Å². The normalized spacial score (nSPS) is 23.3. The number of hydrogen-bond acceptors (Lipinski definition) is 2. The molecule has 76 valence electrons. The first-order chi connectivity index (χ1) is 5.97. The van der Waals surface area contributed by atoms with E-state index in [4.69, 9.17) is 0 Å². The molecule has 0 aliphatic carbocycles. The van der Waals surface area contributed by atoms with E-state index in [-0.39, 0.29) is 24.9 Å². The summed E-state index contributed by atoms with van der Waals surface area (Å²) in [5.74, 6) is -0.107. The number of alkyl halides is 3. The molecule has 1 atom stereocenters. The smallest absolute Gasteiger partial charge is 0.354 e. The van der Waals surface area contributed by atoms with Crippen molar-refractivity contribution in [1.82, 2.24) is 10.6 Å². The number of rotatable bonds is 3. The van der Waals surface area contributed by atoms with E-state index < -0.39 is 12.6 Å². The number of carbonyl (C=O) groups is 1. The Kier molecular flexibility index (Phi) is 3.13. The Morgan fingerprint density at radius 1 is 1.54 bits per heavy atom. The van der Waals surface area contributed by atoms with Crippen molar-refractivity contribution < 1.29 is 18.0 Å². The first-order valence-corrected chi connectivity index (χ1v) is 4.04. The number of halogens is 3. The van der Waals surface area contributed by atoms with E-state index in [2.05, 4.69) is 10.6 Å². The van der Waals surface area contributed by atoms with Crippen molar-refractivity contribution >= 4 is 5.91 Å². The van der Waals surface area contributed by atoms with Crippen LogP contribution in [0.5, 0.6) is 0 Å². The number of carbonyl (C=O) groups excluding carboxylic acids is 1. The van der Waals surface area contributed by atoms with E-state index in [1.54, 1.807) is 0 Å². The third-order valence-electron chi connectivity index (χ3n) is 1.82. The molecule has 1 aliphatic heterocycles. The molecule has 0 spiro atoms. The van der Waals surface area contributed by atoms with Crippen molar-refractivity contribution in [1.29, 1.82) is 0 Å². The molecule has 3 nitrogen and oxygen atoms in total. The highest BCUT2D eigenvalue weighted by atomic mass is 19.4. The maximum atomic E-state index is 11.7. The van der Waals surface area contributed by atoms with Gasteiger partial charge < -0.3 is 10.6 Å². The molecule has 1 heterocycles. The molecule has 13 heavy (non-hydrogen) atoms. The molecule has 0 radical (unpaired) electrons. The van der Waals surface area contributed by atoms with Gasteiger partial charge in [-0.1, -0.05) is 0 Å². The van der Waals surface area contributed by atoms with Crippen molar-refractivity contribution in [2.45, 2.75) is 25.1 Å². The predicted octanol–water partition coefficient (Wildman–Crippen LogP) is 0.417. The summed E-state index contributed by atoms with van der Waals surface area (Å²) in [4.78, 5) is 10.6.